The van der Waals surface area contributed by atoms with Gasteiger partial charge in [-0.05, 0) is 25.5 Å². The van der Waals surface area contributed by atoms with Gasteiger partial charge < -0.3 is 9.32 Å². The maximum Gasteiger partial charge on any atom is 0.289 e. The number of aryl methyl sites for hydroxylation is 1. The quantitative estimate of drug-likeness (QED) is 0.830. The highest BCUT2D eigenvalue weighted by molar-refractivity contribution is 5.91. The number of nitrogens with zero attached hydrogens (tertiary/aromatic N) is 3. The molecule has 1 aromatic rings. The van der Waals surface area contributed by atoms with Crippen LogP contribution in [-0.4, -0.2) is 47.9 Å². The van der Waals surface area contributed by atoms with Crippen molar-refractivity contribution in [1.82, 2.24) is 9.80 Å². The van der Waals surface area contributed by atoms with Crippen LogP contribution in [0.4, 0.5) is 0 Å². The van der Waals surface area contributed by atoms with E-state index in [-0.39, 0.29) is 11.9 Å². The molecular weight excluding hydrogens is 242 g/mol. The summed E-state index contributed by atoms with van der Waals surface area (Å²) in [5.74, 6) is 1.09. The van der Waals surface area contributed by atoms with Crippen LogP contribution in [0.25, 0.3) is 0 Å². The van der Waals surface area contributed by atoms with E-state index in [1.807, 2.05) is 13.8 Å². The normalized spacial score (nSPS) is 18.1. The summed E-state index contributed by atoms with van der Waals surface area (Å²) in [6.45, 7) is 6.63. The van der Waals surface area contributed by atoms with Gasteiger partial charge in [0.2, 0.25) is 0 Å². The van der Waals surface area contributed by atoms with Gasteiger partial charge in [0, 0.05) is 26.2 Å². The number of piperazine rings is 1. The van der Waals surface area contributed by atoms with E-state index in [0.29, 0.717) is 18.8 Å². The van der Waals surface area contributed by atoms with E-state index in [1.165, 1.54) is 0 Å². The predicted octanol–water partition coefficient (Wildman–Crippen LogP) is 1.65. The van der Waals surface area contributed by atoms with Gasteiger partial charge in [0.1, 0.15) is 5.76 Å². The van der Waals surface area contributed by atoms with Gasteiger partial charge in [-0.1, -0.05) is 6.92 Å². The van der Waals surface area contributed by atoms with Crippen molar-refractivity contribution in [2.75, 3.05) is 26.2 Å². The van der Waals surface area contributed by atoms with Crippen molar-refractivity contribution in [3.05, 3.63) is 23.7 Å². The maximum atomic E-state index is 12.2. The van der Waals surface area contributed by atoms with Gasteiger partial charge >= 0.3 is 0 Å². The third kappa shape index (κ3) is 2.96. The summed E-state index contributed by atoms with van der Waals surface area (Å²) >= 11 is 0. The van der Waals surface area contributed by atoms with Crippen molar-refractivity contribution in [1.29, 1.82) is 5.26 Å². The van der Waals surface area contributed by atoms with Gasteiger partial charge in [0.15, 0.2) is 5.76 Å². The van der Waals surface area contributed by atoms with E-state index < -0.39 is 0 Å². The Morgan fingerprint density at radius 3 is 2.58 bits per heavy atom. The standard InChI is InChI=1S/C14H19N3O2/c1-3-12(10-15)16-6-8-17(9-7-16)14(18)13-5-4-11(2)19-13/h4-5,12H,3,6-9H2,1-2H3. The first-order valence-electron chi connectivity index (χ1n) is 6.65. The van der Waals surface area contributed by atoms with E-state index in [1.54, 1.807) is 17.0 Å². The molecule has 2 heterocycles. The lowest BCUT2D eigenvalue weighted by Crippen LogP contribution is -2.51. The Labute approximate surface area is 113 Å². The van der Waals surface area contributed by atoms with E-state index in [4.69, 9.17) is 9.68 Å². The summed E-state index contributed by atoms with van der Waals surface area (Å²) in [7, 11) is 0. The van der Waals surface area contributed by atoms with Crippen molar-refractivity contribution in [2.45, 2.75) is 26.3 Å². The van der Waals surface area contributed by atoms with Gasteiger partial charge in [0.25, 0.3) is 5.91 Å². The first-order chi connectivity index (χ1) is 9.15. The van der Waals surface area contributed by atoms with Gasteiger partial charge in [0.05, 0.1) is 12.1 Å². The largest absolute Gasteiger partial charge is 0.456 e. The summed E-state index contributed by atoms with van der Waals surface area (Å²) < 4.78 is 5.36. The molecule has 0 spiro atoms. The second-order valence-electron chi connectivity index (χ2n) is 4.79. The highest BCUT2D eigenvalue weighted by Gasteiger charge is 2.26. The summed E-state index contributed by atoms with van der Waals surface area (Å²) in [6, 6.07) is 5.78. The van der Waals surface area contributed by atoms with Crippen LogP contribution in [-0.2, 0) is 0 Å². The molecule has 0 saturated carbocycles. The number of carbonyl (C=O) groups is 1. The van der Waals surface area contributed by atoms with Crippen molar-refractivity contribution < 1.29 is 9.21 Å². The van der Waals surface area contributed by atoms with Gasteiger partial charge in [-0.15, -0.1) is 0 Å². The number of rotatable bonds is 3. The molecule has 0 N–H and O–H groups in total. The molecule has 1 aliphatic rings. The molecular formula is C14H19N3O2. The van der Waals surface area contributed by atoms with E-state index >= 15 is 0 Å². The van der Waals surface area contributed by atoms with Crippen molar-refractivity contribution >= 4 is 5.91 Å². The lowest BCUT2D eigenvalue weighted by Gasteiger charge is -2.36. The number of hydrogen-bond acceptors (Lipinski definition) is 4. The Hall–Kier alpha value is -1.80. The fraction of sp³-hybridized carbons (Fsp3) is 0.571. The average Bonchev–Trinajstić information content (AvgIpc) is 2.87. The van der Waals surface area contributed by atoms with Gasteiger partial charge in [-0.2, -0.15) is 5.26 Å². The van der Waals surface area contributed by atoms with Crippen LogP contribution in [0.1, 0.15) is 29.7 Å². The van der Waals surface area contributed by atoms with Crippen LogP contribution < -0.4 is 0 Å². The molecule has 1 amide bonds. The average molecular weight is 261 g/mol. The maximum absolute atomic E-state index is 12.2. The number of nitriles is 1. The molecule has 5 nitrogen and oxygen atoms in total. The summed E-state index contributed by atoms with van der Waals surface area (Å²) in [4.78, 5) is 16.1. The monoisotopic (exact) mass is 261 g/mol. The Bertz CT molecular complexity index is 481. The molecule has 1 atom stereocenters. The van der Waals surface area contributed by atoms with Crippen molar-refractivity contribution in [3.8, 4) is 6.07 Å². The molecule has 1 aliphatic heterocycles. The summed E-state index contributed by atoms with van der Waals surface area (Å²) in [6.07, 6.45) is 0.821. The highest BCUT2D eigenvalue weighted by Crippen LogP contribution is 2.13. The molecule has 1 aromatic heterocycles. The molecule has 2 rings (SSSR count). The molecule has 102 valence electrons. The summed E-state index contributed by atoms with van der Waals surface area (Å²) in [5.41, 5.74) is 0. The molecule has 0 bridgehead atoms. The lowest BCUT2D eigenvalue weighted by molar-refractivity contribution is 0.0573. The fourth-order valence-corrected chi connectivity index (χ4v) is 2.37. The molecule has 0 radical (unpaired) electrons. The van der Waals surface area contributed by atoms with Crippen molar-refractivity contribution in [3.63, 3.8) is 0 Å². The molecule has 1 fully saturated rings. The minimum atomic E-state index is -0.0576. The fourth-order valence-electron chi connectivity index (χ4n) is 2.37. The Morgan fingerprint density at radius 1 is 1.42 bits per heavy atom. The first kappa shape index (κ1) is 13.6. The molecule has 19 heavy (non-hydrogen) atoms. The number of carbonyl (C=O) groups excluding carboxylic acids is 1. The Balaban J connectivity index is 1.93. The number of hydrogen-bond donors (Lipinski definition) is 0. The molecule has 0 aromatic carbocycles. The molecule has 1 saturated heterocycles. The summed E-state index contributed by atoms with van der Waals surface area (Å²) in [5, 5.41) is 9.05. The van der Waals surface area contributed by atoms with Crippen LogP contribution in [0.5, 0.6) is 0 Å². The predicted molar refractivity (Wildman–Crippen MR) is 70.6 cm³/mol. The third-order valence-electron chi connectivity index (χ3n) is 3.53. The highest BCUT2D eigenvalue weighted by atomic mass is 16.3. The van der Waals surface area contributed by atoms with Gasteiger partial charge in [-0.3, -0.25) is 9.69 Å². The van der Waals surface area contributed by atoms with Crippen molar-refractivity contribution in [2.24, 2.45) is 0 Å². The van der Waals surface area contributed by atoms with Crippen LogP contribution in [0.2, 0.25) is 0 Å². The van der Waals surface area contributed by atoms with Crippen LogP contribution >= 0.6 is 0 Å². The van der Waals surface area contributed by atoms with Crippen LogP contribution in [0.15, 0.2) is 16.5 Å². The zero-order chi connectivity index (χ0) is 13.8. The molecule has 0 aliphatic carbocycles. The first-order valence-corrected chi connectivity index (χ1v) is 6.65. The number of amides is 1. The lowest BCUT2D eigenvalue weighted by atomic mass is 10.2. The molecule has 5 heteroatoms. The molecule has 1 unspecified atom stereocenters. The van der Waals surface area contributed by atoms with E-state index in [9.17, 15) is 4.79 Å². The SMILES string of the molecule is CCC(C#N)N1CCN(C(=O)c2ccc(C)o2)CC1. The third-order valence-corrected chi connectivity index (χ3v) is 3.53. The zero-order valence-electron chi connectivity index (χ0n) is 11.4. The topological polar surface area (TPSA) is 60.5 Å². The van der Waals surface area contributed by atoms with E-state index in [0.717, 1.165) is 25.3 Å². The minimum absolute atomic E-state index is 0.0388. The second kappa shape index (κ2) is 5.89. The minimum Gasteiger partial charge on any atom is -0.456 e. The zero-order valence-corrected chi connectivity index (χ0v) is 11.4. The second-order valence-corrected chi connectivity index (χ2v) is 4.79. The smallest absolute Gasteiger partial charge is 0.289 e. The Kier molecular flexibility index (Phi) is 4.23. The Morgan fingerprint density at radius 2 is 2.11 bits per heavy atom. The van der Waals surface area contributed by atoms with Gasteiger partial charge in [-0.25, -0.2) is 0 Å². The van der Waals surface area contributed by atoms with Crippen LogP contribution in [0, 0.1) is 18.3 Å². The van der Waals surface area contributed by atoms with E-state index in [2.05, 4.69) is 11.0 Å². The number of furan rings is 1. The van der Waals surface area contributed by atoms with Crippen LogP contribution in [0.3, 0.4) is 0 Å².